The first-order valence-corrected chi connectivity index (χ1v) is 5.67. The van der Waals surface area contributed by atoms with Gasteiger partial charge in [0.1, 0.15) is 5.69 Å². The summed E-state index contributed by atoms with van der Waals surface area (Å²) in [6, 6.07) is 0.101. The molecular weight excluding hydrogens is 224 g/mol. The van der Waals surface area contributed by atoms with Crippen LogP contribution in [0.25, 0.3) is 0 Å². The molecule has 1 aromatic rings. The van der Waals surface area contributed by atoms with E-state index in [2.05, 4.69) is 10.4 Å². The van der Waals surface area contributed by atoms with Crippen LogP contribution in [-0.4, -0.2) is 32.0 Å². The highest BCUT2D eigenvalue weighted by atomic mass is 16.6. The van der Waals surface area contributed by atoms with Gasteiger partial charge >= 0.3 is 5.69 Å². The van der Waals surface area contributed by atoms with Crippen molar-refractivity contribution in [3.8, 4) is 0 Å². The molecule has 7 heteroatoms. The Labute approximate surface area is 98.6 Å². The highest BCUT2D eigenvalue weighted by molar-refractivity contribution is 5.60. The quantitative estimate of drug-likeness (QED) is 0.600. The Morgan fingerprint density at radius 1 is 1.65 bits per heavy atom. The number of aliphatic hydroxyl groups is 1. The highest BCUT2D eigenvalue weighted by Gasteiger charge is 2.32. The standard InChI is InChI=1S/C10H16N4O3/c1-3-8-9(14(16)17)10(13(2)12-8)11-6-4-7(15)5-6/h6-7,11,15H,3-5H2,1-2H3. The minimum Gasteiger partial charge on any atom is -0.393 e. The van der Waals surface area contributed by atoms with Crippen LogP contribution in [0.15, 0.2) is 0 Å². The molecule has 1 aliphatic carbocycles. The molecule has 1 aliphatic rings. The van der Waals surface area contributed by atoms with Gasteiger partial charge in [-0.1, -0.05) is 6.92 Å². The second-order valence-electron chi connectivity index (χ2n) is 4.34. The van der Waals surface area contributed by atoms with Crippen molar-refractivity contribution in [1.29, 1.82) is 0 Å². The van der Waals surface area contributed by atoms with E-state index in [1.54, 1.807) is 7.05 Å². The Bertz CT molecular complexity index is 437. The highest BCUT2D eigenvalue weighted by Crippen LogP contribution is 2.32. The van der Waals surface area contributed by atoms with Crippen molar-refractivity contribution in [3.05, 3.63) is 15.8 Å². The maximum atomic E-state index is 11.0. The number of nitrogens with zero attached hydrogens (tertiary/aromatic N) is 3. The fourth-order valence-electron chi connectivity index (χ4n) is 2.06. The lowest BCUT2D eigenvalue weighted by Gasteiger charge is -2.32. The van der Waals surface area contributed by atoms with E-state index in [9.17, 15) is 15.2 Å². The molecule has 0 atom stereocenters. The van der Waals surface area contributed by atoms with Crippen LogP contribution < -0.4 is 5.32 Å². The summed E-state index contributed by atoms with van der Waals surface area (Å²) in [5.41, 5.74) is 0.538. The van der Waals surface area contributed by atoms with Gasteiger partial charge in [0.25, 0.3) is 0 Å². The van der Waals surface area contributed by atoms with Gasteiger partial charge < -0.3 is 10.4 Å². The Hall–Kier alpha value is -1.63. The smallest absolute Gasteiger partial charge is 0.333 e. The van der Waals surface area contributed by atoms with E-state index in [1.165, 1.54) is 4.68 Å². The maximum Gasteiger partial charge on any atom is 0.333 e. The fraction of sp³-hybridized carbons (Fsp3) is 0.700. The minimum absolute atomic E-state index is 0.0522. The molecule has 0 amide bonds. The molecule has 1 fully saturated rings. The molecule has 0 saturated heterocycles. The summed E-state index contributed by atoms with van der Waals surface area (Å²) < 4.78 is 1.50. The van der Waals surface area contributed by atoms with Gasteiger partial charge in [-0.15, -0.1) is 0 Å². The molecule has 0 aliphatic heterocycles. The molecule has 17 heavy (non-hydrogen) atoms. The average Bonchev–Trinajstić information content (AvgIpc) is 2.53. The van der Waals surface area contributed by atoms with E-state index in [0.717, 1.165) is 0 Å². The molecule has 0 radical (unpaired) electrons. The first-order valence-electron chi connectivity index (χ1n) is 5.67. The summed E-state index contributed by atoms with van der Waals surface area (Å²) in [7, 11) is 1.68. The van der Waals surface area contributed by atoms with Crippen molar-refractivity contribution in [2.24, 2.45) is 7.05 Å². The van der Waals surface area contributed by atoms with Gasteiger partial charge in [0.15, 0.2) is 0 Å². The van der Waals surface area contributed by atoms with Crippen molar-refractivity contribution >= 4 is 11.5 Å². The summed E-state index contributed by atoms with van der Waals surface area (Å²) in [6.07, 6.45) is 1.50. The van der Waals surface area contributed by atoms with E-state index < -0.39 is 4.92 Å². The molecule has 2 rings (SSSR count). The van der Waals surface area contributed by atoms with Crippen molar-refractivity contribution in [2.75, 3.05) is 5.32 Å². The van der Waals surface area contributed by atoms with Crippen LogP contribution in [0.5, 0.6) is 0 Å². The summed E-state index contributed by atoms with van der Waals surface area (Å²) in [4.78, 5) is 10.6. The van der Waals surface area contributed by atoms with E-state index in [-0.39, 0.29) is 17.8 Å². The zero-order valence-electron chi connectivity index (χ0n) is 9.88. The van der Waals surface area contributed by atoms with Gasteiger partial charge in [0, 0.05) is 13.1 Å². The topological polar surface area (TPSA) is 93.2 Å². The number of anilines is 1. The first kappa shape index (κ1) is 11.8. The van der Waals surface area contributed by atoms with Crippen molar-refractivity contribution < 1.29 is 10.0 Å². The Morgan fingerprint density at radius 2 is 2.29 bits per heavy atom. The van der Waals surface area contributed by atoms with Crippen molar-refractivity contribution in [3.63, 3.8) is 0 Å². The van der Waals surface area contributed by atoms with Gasteiger partial charge in [-0.3, -0.25) is 10.1 Å². The van der Waals surface area contributed by atoms with Crippen molar-refractivity contribution in [1.82, 2.24) is 9.78 Å². The zero-order chi connectivity index (χ0) is 12.6. The number of hydrogen-bond acceptors (Lipinski definition) is 5. The van der Waals surface area contributed by atoms with Crippen LogP contribution in [0.1, 0.15) is 25.5 Å². The number of hydrogen-bond donors (Lipinski definition) is 2. The lowest BCUT2D eigenvalue weighted by atomic mass is 9.89. The van der Waals surface area contributed by atoms with Crippen LogP contribution in [-0.2, 0) is 13.5 Å². The van der Waals surface area contributed by atoms with Crippen LogP contribution in [0.4, 0.5) is 11.5 Å². The molecule has 94 valence electrons. The predicted octanol–water partition coefficient (Wildman–Crippen LogP) is 0.826. The van der Waals surface area contributed by atoms with Crippen LogP contribution in [0.2, 0.25) is 0 Å². The van der Waals surface area contributed by atoms with Crippen LogP contribution in [0.3, 0.4) is 0 Å². The Kier molecular flexibility index (Phi) is 3.01. The van der Waals surface area contributed by atoms with Gasteiger partial charge in [-0.25, -0.2) is 4.68 Å². The fourth-order valence-corrected chi connectivity index (χ4v) is 2.06. The van der Waals surface area contributed by atoms with Gasteiger partial charge in [-0.05, 0) is 19.3 Å². The molecule has 1 saturated carbocycles. The van der Waals surface area contributed by atoms with Crippen LogP contribution >= 0.6 is 0 Å². The third-order valence-electron chi connectivity index (χ3n) is 3.06. The Morgan fingerprint density at radius 3 is 2.76 bits per heavy atom. The molecule has 0 spiro atoms. The van der Waals surface area contributed by atoms with Crippen LogP contribution in [0, 0.1) is 10.1 Å². The SMILES string of the molecule is CCc1nn(C)c(NC2CC(O)C2)c1[N+](=O)[O-]. The molecule has 7 nitrogen and oxygen atoms in total. The number of nitrogens with one attached hydrogen (secondary N) is 1. The average molecular weight is 240 g/mol. The van der Waals surface area contributed by atoms with E-state index >= 15 is 0 Å². The largest absolute Gasteiger partial charge is 0.393 e. The first-order chi connectivity index (χ1) is 8.02. The molecule has 0 bridgehead atoms. The number of aryl methyl sites for hydroxylation is 2. The molecular formula is C10H16N4O3. The normalized spacial score (nSPS) is 23.2. The lowest BCUT2D eigenvalue weighted by molar-refractivity contribution is -0.384. The summed E-state index contributed by atoms with van der Waals surface area (Å²) in [5, 5.41) is 27.4. The number of aromatic nitrogens is 2. The second kappa shape index (κ2) is 4.33. The summed E-state index contributed by atoms with van der Waals surface area (Å²) >= 11 is 0. The molecule has 1 heterocycles. The molecule has 2 N–H and O–H groups in total. The zero-order valence-corrected chi connectivity index (χ0v) is 9.88. The second-order valence-corrected chi connectivity index (χ2v) is 4.34. The minimum atomic E-state index is -0.400. The number of aliphatic hydroxyl groups excluding tert-OH is 1. The van der Waals surface area contributed by atoms with E-state index in [4.69, 9.17) is 0 Å². The predicted molar refractivity (Wildman–Crippen MR) is 61.9 cm³/mol. The van der Waals surface area contributed by atoms with E-state index in [1.807, 2.05) is 6.92 Å². The third-order valence-corrected chi connectivity index (χ3v) is 3.06. The monoisotopic (exact) mass is 240 g/mol. The maximum absolute atomic E-state index is 11.0. The molecule has 0 unspecified atom stereocenters. The van der Waals surface area contributed by atoms with Crippen molar-refractivity contribution in [2.45, 2.75) is 38.3 Å². The molecule has 1 aromatic heterocycles. The van der Waals surface area contributed by atoms with Gasteiger partial charge in [0.2, 0.25) is 5.82 Å². The molecule has 0 aromatic carbocycles. The third kappa shape index (κ3) is 2.10. The number of nitro groups is 1. The summed E-state index contributed by atoms with van der Waals surface area (Å²) in [6.45, 7) is 1.84. The Balaban J connectivity index is 2.25. The van der Waals surface area contributed by atoms with E-state index in [0.29, 0.717) is 30.8 Å². The lowest BCUT2D eigenvalue weighted by Crippen LogP contribution is -2.39. The van der Waals surface area contributed by atoms with Gasteiger partial charge in [0.05, 0.1) is 11.0 Å². The van der Waals surface area contributed by atoms with Gasteiger partial charge in [-0.2, -0.15) is 5.10 Å². The summed E-state index contributed by atoms with van der Waals surface area (Å²) in [5.74, 6) is 0.434. The number of rotatable bonds is 4.